The van der Waals surface area contributed by atoms with E-state index in [0.717, 1.165) is 0 Å². The highest BCUT2D eigenvalue weighted by Gasteiger charge is 2.21. The van der Waals surface area contributed by atoms with Gasteiger partial charge in [0.1, 0.15) is 4.90 Å². The zero-order valence-electron chi connectivity index (χ0n) is 10.5. The number of rotatable bonds is 4. The van der Waals surface area contributed by atoms with Crippen LogP contribution in [-0.4, -0.2) is 18.2 Å². The molecular weight excluding hydrogens is 323 g/mol. The summed E-state index contributed by atoms with van der Waals surface area (Å²) in [6, 6.07) is 2.68. The fraction of sp³-hybridized carbons (Fsp3) is 0.182. The Morgan fingerprint density at radius 3 is 2.70 bits per heavy atom. The monoisotopic (exact) mass is 334 g/mol. The lowest BCUT2D eigenvalue weighted by Gasteiger charge is -2.10. The zero-order valence-corrected chi connectivity index (χ0v) is 12.8. The van der Waals surface area contributed by atoms with Crippen molar-refractivity contribution < 1.29 is 8.42 Å². The van der Waals surface area contributed by atoms with E-state index in [1.165, 1.54) is 18.3 Å². The van der Waals surface area contributed by atoms with E-state index in [1.807, 2.05) is 6.92 Å². The number of benzene rings is 1. The van der Waals surface area contributed by atoms with Gasteiger partial charge in [-0.25, -0.2) is 8.42 Å². The van der Waals surface area contributed by atoms with Gasteiger partial charge in [0.2, 0.25) is 0 Å². The Hall–Kier alpha value is -1.44. The van der Waals surface area contributed by atoms with Crippen LogP contribution in [0, 0.1) is 0 Å². The molecule has 0 aliphatic carbocycles. The molecule has 9 heteroatoms. The van der Waals surface area contributed by atoms with Crippen molar-refractivity contribution in [2.24, 2.45) is 0 Å². The van der Waals surface area contributed by atoms with Gasteiger partial charge < -0.3 is 5.73 Å². The summed E-state index contributed by atoms with van der Waals surface area (Å²) in [5, 5.41) is 4.08. The molecule has 0 radical (unpaired) electrons. The third-order valence-corrected chi connectivity index (χ3v) is 4.86. The van der Waals surface area contributed by atoms with Crippen LogP contribution in [0.2, 0.25) is 10.0 Å². The summed E-state index contributed by atoms with van der Waals surface area (Å²) in [4.78, 5) is -0.134. The second-order valence-electron chi connectivity index (χ2n) is 3.96. The van der Waals surface area contributed by atoms with E-state index in [9.17, 15) is 8.42 Å². The first kappa shape index (κ1) is 15.0. The van der Waals surface area contributed by atoms with Crippen molar-refractivity contribution in [3.63, 3.8) is 0 Å². The molecular formula is C11H12Cl2N4O2S. The van der Waals surface area contributed by atoms with Crippen LogP contribution >= 0.6 is 23.2 Å². The number of nitrogen functional groups attached to an aromatic ring is 1. The number of hydrogen-bond donors (Lipinski definition) is 2. The smallest absolute Gasteiger partial charge is 0.263 e. The molecule has 0 unspecified atom stereocenters. The summed E-state index contributed by atoms with van der Waals surface area (Å²) in [5.74, 6) is 0. The average Bonchev–Trinajstić information content (AvgIpc) is 2.82. The zero-order chi connectivity index (χ0) is 14.9. The standard InChI is InChI=1S/C11H12Cl2N4O2S/c1-2-17-6-7(5-15-17)16-20(18,19)9-4-3-8(12)11(14)10(9)13/h3-6,16H,2,14H2,1H3. The van der Waals surface area contributed by atoms with E-state index >= 15 is 0 Å². The molecule has 6 nitrogen and oxygen atoms in total. The summed E-state index contributed by atoms with van der Waals surface area (Å²) >= 11 is 11.7. The first-order chi connectivity index (χ1) is 9.35. The molecule has 2 rings (SSSR count). The van der Waals surface area contributed by atoms with Crippen molar-refractivity contribution in [3.05, 3.63) is 34.6 Å². The van der Waals surface area contributed by atoms with Gasteiger partial charge in [-0.1, -0.05) is 23.2 Å². The molecule has 0 amide bonds. The second-order valence-corrected chi connectivity index (χ2v) is 6.40. The number of hydrogen-bond acceptors (Lipinski definition) is 4. The number of aryl methyl sites for hydroxylation is 1. The van der Waals surface area contributed by atoms with Gasteiger partial charge in [-0.15, -0.1) is 0 Å². The normalized spacial score (nSPS) is 11.6. The summed E-state index contributed by atoms with van der Waals surface area (Å²) in [5.41, 5.74) is 6.00. The first-order valence-corrected chi connectivity index (χ1v) is 7.88. The fourth-order valence-electron chi connectivity index (χ4n) is 1.56. The van der Waals surface area contributed by atoms with Crippen LogP contribution in [0.5, 0.6) is 0 Å². The van der Waals surface area contributed by atoms with Gasteiger partial charge >= 0.3 is 0 Å². The largest absolute Gasteiger partial charge is 0.396 e. The minimum absolute atomic E-state index is 0.0282. The van der Waals surface area contributed by atoms with Crippen LogP contribution < -0.4 is 10.5 Å². The maximum Gasteiger partial charge on any atom is 0.263 e. The molecule has 0 fully saturated rings. The van der Waals surface area contributed by atoms with Crippen LogP contribution in [0.15, 0.2) is 29.4 Å². The third kappa shape index (κ3) is 2.84. The highest BCUT2D eigenvalue weighted by molar-refractivity contribution is 7.92. The predicted molar refractivity (Wildman–Crippen MR) is 79.6 cm³/mol. The molecule has 2 aromatic rings. The maximum atomic E-state index is 12.3. The Morgan fingerprint density at radius 2 is 2.10 bits per heavy atom. The number of sulfonamides is 1. The predicted octanol–water partition coefficient (Wildman–Crippen LogP) is 2.59. The number of halogens is 2. The average molecular weight is 335 g/mol. The molecule has 0 aliphatic rings. The van der Waals surface area contributed by atoms with Crippen LogP contribution in [0.3, 0.4) is 0 Å². The summed E-state index contributed by atoms with van der Waals surface area (Å²) < 4.78 is 28.5. The minimum Gasteiger partial charge on any atom is -0.396 e. The minimum atomic E-state index is -3.85. The Kier molecular flexibility index (Phi) is 4.12. The summed E-state index contributed by atoms with van der Waals surface area (Å²) in [6.45, 7) is 2.53. The third-order valence-electron chi connectivity index (χ3n) is 2.59. The quantitative estimate of drug-likeness (QED) is 0.841. The van der Waals surface area contributed by atoms with Crippen LogP contribution in [0.4, 0.5) is 11.4 Å². The van der Waals surface area contributed by atoms with Gasteiger partial charge in [0.15, 0.2) is 0 Å². The lowest BCUT2D eigenvalue weighted by atomic mass is 10.3. The number of nitrogens with two attached hydrogens (primary N) is 1. The Balaban J connectivity index is 2.38. The first-order valence-electron chi connectivity index (χ1n) is 5.64. The van der Waals surface area contributed by atoms with E-state index < -0.39 is 10.0 Å². The lowest BCUT2D eigenvalue weighted by Crippen LogP contribution is -2.13. The number of anilines is 2. The lowest BCUT2D eigenvalue weighted by molar-refractivity contribution is 0.601. The Bertz CT molecular complexity index is 743. The molecule has 0 aliphatic heterocycles. The maximum absolute atomic E-state index is 12.3. The van der Waals surface area contributed by atoms with E-state index in [4.69, 9.17) is 28.9 Å². The molecule has 1 aromatic carbocycles. The van der Waals surface area contributed by atoms with E-state index in [2.05, 4.69) is 9.82 Å². The van der Waals surface area contributed by atoms with Crippen LogP contribution in [0.1, 0.15) is 6.92 Å². The molecule has 0 atom stereocenters. The molecule has 1 heterocycles. The van der Waals surface area contributed by atoms with Gasteiger partial charge in [-0.05, 0) is 19.1 Å². The molecule has 0 bridgehead atoms. The molecule has 3 N–H and O–H groups in total. The van der Waals surface area contributed by atoms with Crippen molar-refractivity contribution in [2.45, 2.75) is 18.4 Å². The second kappa shape index (κ2) is 5.51. The molecule has 108 valence electrons. The van der Waals surface area contributed by atoms with Crippen molar-refractivity contribution in [1.82, 2.24) is 9.78 Å². The topological polar surface area (TPSA) is 90.0 Å². The van der Waals surface area contributed by atoms with Crippen LogP contribution in [0.25, 0.3) is 0 Å². The van der Waals surface area contributed by atoms with Crippen molar-refractivity contribution in [3.8, 4) is 0 Å². The Labute approximate surface area is 126 Å². The highest BCUT2D eigenvalue weighted by Crippen LogP contribution is 2.33. The van der Waals surface area contributed by atoms with Gasteiger partial charge in [-0.2, -0.15) is 5.10 Å². The van der Waals surface area contributed by atoms with E-state index in [0.29, 0.717) is 12.2 Å². The van der Waals surface area contributed by atoms with E-state index in [1.54, 1.807) is 10.9 Å². The van der Waals surface area contributed by atoms with Crippen molar-refractivity contribution in [1.29, 1.82) is 0 Å². The SMILES string of the molecule is CCn1cc(NS(=O)(=O)c2ccc(Cl)c(N)c2Cl)cn1. The number of nitrogens with one attached hydrogen (secondary N) is 1. The molecule has 0 saturated heterocycles. The summed E-state index contributed by atoms with van der Waals surface area (Å²) in [7, 11) is -3.85. The van der Waals surface area contributed by atoms with Gasteiger partial charge in [0.05, 0.1) is 27.6 Å². The summed E-state index contributed by atoms with van der Waals surface area (Å²) in [6.07, 6.45) is 2.99. The van der Waals surface area contributed by atoms with Gasteiger partial charge in [-0.3, -0.25) is 9.40 Å². The van der Waals surface area contributed by atoms with Crippen molar-refractivity contribution in [2.75, 3.05) is 10.5 Å². The van der Waals surface area contributed by atoms with Gasteiger partial charge in [0.25, 0.3) is 10.0 Å². The molecule has 20 heavy (non-hydrogen) atoms. The van der Waals surface area contributed by atoms with E-state index in [-0.39, 0.29) is 20.6 Å². The number of aromatic nitrogens is 2. The Morgan fingerprint density at radius 1 is 1.40 bits per heavy atom. The van der Waals surface area contributed by atoms with Crippen molar-refractivity contribution >= 4 is 44.6 Å². The molecule has 0 spiro atoms. The van der Waals surface area contributed by atoms with Gasteiger partial charge in [0, 0.05) is 12.7 Å². The molecule has 1 aromatic heterocycles. The number of nitrogens with zero attached hydrogens (tertiary/aromatic N) is 2. The fourth-order valence-corrected chi connectivity index (χ4v) is 3.35. The highest BCUT2D eigenvalue weighted by atomic mass is 35.5. The molecule has 0 saturated carbocycles. The van der Waals surface area contributed by atoms with Crippen LogP contribution in [-0.2, 0) is 16.6 Å².